The van der Waals surface area contributed by atoms with Gasteiger partial charge in [-0.3, -0.25) is 4.79 Å². The SMILES string of the molecule is COCC(=O)N[C@@H](CC#C[Si](C)(C)C(C)(C)C)C(=O)OC. The van der Waals surface area contributed by atoms with E-state index in [9.17, 15) is 9.59 Å². The summed E-state index contributed by atoms with van der Waals surface area (Å²) in [7, 11) is 0.989. The van der Waals surface area contributed by atoms with E-state index in [1.54, 1.807) is 0 Å². The van der Waals surface area contributed by atoms with Crippen LogP contribution in [0.3, 0.4) is 0 Å². The Balaban J connectivity index is 4.87. The number of hydrogen-bond donors (Lipinski definition) is 1. The molecular formula is C15H27NO4Si. The van der Waals surface area contributed by atoms with Crippen molar-refractivity contribution in [2.75, 3.05) is 20.8 Å². The zero-order chi connectivity index (χ0) is 16.7. The van der Waals surface area contributed by atoms with Crippen molar-refractivity contribution in [3.8, 4) is 11.5 Å². The molecule has 0 unspecified atom stereocenters. The lowest BCUT2D eigenvalue weighted by Gasteiger charge is -2.31. The lowest BCUT2D eigenvalue weighted by atomic mass is 10.2. The van der Waals surface area contributed by atoms with E-state index in [4.69, 9.17) is 9.47 Å². The summed E-state index contributed by atoms with van der Waals surface area (Å²) in [5.74, 6) is 2.19. The standard InChI is InChI=1S/C15H27NO4Si/c1-15(2,3)21(6,7)10-8-9-12(14(18)20-5)16-13(17)11-19-4/h12H,9,11H2,1-7H3,(H,16,17)/t12-/m0/s1. The van der Waals surface area contributed by atoms with Gasteiger partial charge in [0.1, 0.15) is 20.7 Å². The first-order chi connectivity index (χ1) is 9.55. The Morgan fingerprint density at radius 1 is 1.24 bits per heavy atom. The molecule has 1 amide bonds. The van der Waals surface area contributed by atoms with E-state index in [0.717, 1.165) is 0 Å². The molecule has 1 atom stereocenters. The van der Waals surface area contributed by atoms with Crippen LogP contribution in [0.15, 0.2) is 0 Å². The third-order valence-corrected chi connectivity index (χ3v) is 8.23. The summed E-state index contributed by atoms with van der Waals surface area (Å²) >= 11 is 0. The fourth-order valence-electron chi connectivity index (χ4n) is 1.26. The maximum absolute atomic E-state index is 11.7. The number of esters is 1. The van der Waals surface area contributed by atoms with E-state index in [2.05, 4.69) is 50.6 Å². The van der Waals surface area contributed by atoms with E-state index in [-0.39, 0.29) is 24.0 Å². The molecule has 0 aromatic carbocycles. The van der Waals surface area contributed by atoms with Gasteiger partial charge in [-0.25, -0.2) is 4.79 Å². The summed E-state index contributed by atoms with van der Waals surface area (Å²) in [6, 6.07) is -0.755. The van der Waals surface area contributed by atoms with E-state index in [1.165, 1.54) is 14.2 Å². The number of amides is 1. The van der Waals surface area contributed by atoms with Crippen molar-refractivity contribution >= 4 is 20.0 Å². The van der Waals surface area contributed by atoms with Gasteiger partial charge < -0.3 is 14.8 Å². The zero-order valence-corrected chi connectivity index (χ0v) is 15.1. The summed E-state index contributed by atoms with van der Waals surface area (Å²) < 4.78 is 9.42. The van der Waals surface area contributed by atoms with Crippen molar-refractivity contribution in [3.63, 3.8) is 0 Å². The van der Waals surface area contributed by atoms with Crippen molar-refractivity contribution in [1.82, 2.24) is 5.32 Å². The van der Waals surface area contributed by atoms with Crippen LogP contribution in [0.1, 0.15) is 27.2 Å². The van der Waals surface area contributed by atoms with Gasteiger partial charge in [0.05, 0.1) is 7.11 Å². The minimum Gasteiger partial charge on any atom is -0.467 e. The molecule has 0 aromatic rings. The molecule has 0 bridgehead atoms. The molecule has 0 radical (unpaired) electrons. The Bertz CT molecular complexity index is 429. The lowest BCUT2D eigenvalue weighted by molar-refractivity contribution is -0.145. The van der Waals surface area contributed by atoms with E-state index >= 15 is 0 Å². The van der Waals surface area contributed by atoms with Crippen LogP contribution in [0.2, 0.25) is 18.1 Å². The molecule has 6 heteroatoms. The highest BCUT2D eigenvalue weighted by Gasteiger charge is 2.33. The second-order valence-electron chi connectivity index (χ2n) is 6.46. The van der Waals surface area contributed by atoms with Crippen molar-refractivity contribution in [1.29, 1.82) is 0 Å². The summed E-state index contributed by atoms with van der Waals surface area (Å²) in [5.41, 5.74) is 3.31. The monoisotopic (exact) mass is 313 g/mol. The Labute approximate surface area is 128 Å². The van der Waals surface area contributed by atoms with Crippen LogP contribution in [-0.2, 0) is 19.1 Å². The summed E-state index contributed by atoms with van der Waals surface area (Å²) in [4.78, 5) is 23.2. The van der Waals surface area contributed by atoms with Crippen LogP contribution in [-0.4, -0.2) is 46.8 Å². The Hall–Kier alpha value is -1.32. The third-order valence-electron chi connectivity index (χ3n) is 3.68. The predicted octanol–water partition coefficient (Wildman–Crippen LogP) is 1.73. The lowest BCUT2D eigenvalue weighted by Crippen LogP contribution is -2.43. The highest BCUT2D eigenvalue weighted by molar-refractivity contribution is 6.87. The van der Waals surface area contributed by atoms with Crippen LogP contribution in [0.5, 0.6) is 0 Å². The first kappa shape index (κ1) is 19.7. The van der Waals surface area contributed by atoms with Crippen molar-refractivity contribution in [3.05, 3.63) is 0 Å². The van der Waals surface area contributed by atoms with E-state index in [0.29, 0.717) is 0 Å². The van der Waals surface area contributed by atoms with Crippen LogP contribution in [0, 0.1) is 11.5 Å². The quantitative estimate of drug-likeness (QED) is 0.477. The molecule has 21 heavy (non-hydrogen) atoms. The third kappa shape index (κ3) is 6.78. The second-order valence-corrected chi connectivity index (χ2v) is 11.5. The topological polar surface area (TPSA) is 64.6 Å². The largest absolute Gasteiger partial charge is 0.467 e. The van der Waals surface area contributed by atoms with Gasteiger partial charge >= 0.3 is 5.97 Å². The fraction of sp³-hybridized carbons (Fsp3) is 0.733. The maximum atomic E-state index is 11.7. The molecule has 0 aliphatic carbocycles. The normalized spacial score (nSPS) is 12.9. The van der Waals surface area contributed by atoms with Crippen molar-refractivity contribution in [2.24, 2.45) is 0 Å². The highest BCUT2D eigenvalue weighted by atomic mass is 28.3. The molecule has 0 saturated carbocycles. The number of nitrogens with one attached hydrogen (secondary N) is 1. The first-order valence-corrected chi connectivity index (χ1v) is 9.91. The fourth-order valence-corrected chi connectivity index (χ4v) is 2.18. The highest BCUT2D eigenvalue weighted by Crippen LogP contribution is 2.35. The Morgan fingerprint density at radius 2 is 1.81 bits per heavy atom. The molecule has 0 aromatic heterocycles. The average molecular weight is 313 g/mol. The summed E-state index contributed by atoms with van der Waals surface area (Å²) in [5, 5.41) is 2.72. The van der Waals surface area contributed by atoms with E-state index < -0.39 is 20.1 Å². The smallest absolute Gasteiger partial charge is 0.329 e. The minimum atomic E-state index is -1.72. The van der Waals surface area contributed by atoms with Gasteiger partial charge in [0, 0.05) is 13.5 Å². The molecule has 0 aliphatic heterocycles. The van der Waals surface area contributed by atoms with Crippen molar-refractivity contribution in [2.45, 2.75) is 51.4 Å². The second kappa shape index (κ2) is 8.20. The summed E-state index contributed by atoms with van der Waals surface area (Å²) in [6.45, 7) is 10.8. The predicted molar refractivity (Wildman–Crippen MR) is 85.4 cm³/mol. The van der Waals surface area contributed by atoms with Crippen LogP contribution < -0.4 is 5.32 Å². The van der Waals surface area contributed by atoms with Gasteiger partial charge in [-0.05, 0) is 5.04 Å². The molecule has 0 spiro atoms. The molecule has 0 aliphatic rings. The van der Waals surface area contributed by atoms with Gasteiger partial charge in [0.15, 0.2) is 0 Å². The van der Waals surface area contributed by atoms with Crippen molar-refractivity contribution < 1.29 is 19.1 Å². The average Bonchev–Trinajstić information content (AvgIpc) is 2.35. The zero-order valence-electron chi connectivity index (χ0n) is 14.1. The molecule has 0 fully saturated rings. The molecular weight excluding hydrogens is 286 g/mol. The Morgan fingerprint density at radius 3 is 2.24 bits per heavy atom. The molecule has 0 heterocycles. The Kier molecular flexibility index (Phi) is 7.68. The molecule has 5 nitrogen and oxygen atoms in total. The van der Waals surface area contributed by atoms with Gasteiger partial charge in [0.25, 0.3) is 0 Å². The van der Waals surface area contributed by atoms with Gasteiger partial charge in [0.2, 0.25) is 5.91 Å². The van der Waals surface area contributed by atoms with Gasteiger partial charge in [-0.1, -0.05) is 33.9 Å². The van der Waals surface area contributed by atoms with E-state index in [1.807, 2.05) is 0 Å². The number of carbonyl (C=O) groups is 2. The number of methoxy groups -OCH3 is 2. The van der Waals surface area contributed by atoms with Crippen LogP contribution >= 0.6 is 0 Å². The maximum Gasteiger partial charge on any atom is 0.329 e. The molecule has 1 N–H and O–H groups in total. The molecule has 0 saturated heterocycles. The minimum absolute atomic E-state index is 0.0941. The van der Waals surface area contributed by atoms with Crippen LogP contribution in [0.4, 0.5) is 0 Å². The number of hydrogen-bond acceptors (Lipinski definition) is 4. The van der Waals surface area contributed by atoms with Crippen LogP contribution in [0.25, 0.3) is 0 Å². The molecule has 0 rings (SSSR count). The number of rotatable bonds is 5. The van der Waals surface area contributed by atoms with Gasteiger partial charge in [-0.15, -0.1) is 11.5 Å². The van der Waals surface area contributed by atoms with Gasteiger partial charge in [-0.2, -0.15) is 0 Å². The summed E-state index contributed by atoms with van der Waals surface area (Å²) in [6.07, 6.45) is 0.245. The number of carbonyl (C=O) groups excluding carboxylic acids is 2. The first-order valence-electron chi connectivity index (χ1n) is 6.91. The molecule has 120 valence electrons. The number of ether oxygens (including phenoxy) is 2.